The summed E-state index contributed by atoms with van der Waals surface area (Å²) in [6, 6.07) is 4.21. The van der Waals surface area contributed by atoms with E-state index < -0.39 is 0 Å². The molecule has 0 radical (unpaired) electrons. The van der Waals surface area contributed by atoms with Crippen molar-refractivity contribution >= 4 is 11.8 Å². The topological polar surface area (TPSA) is 65.0 Å². The molecular formula is C20H36N6O. The van der Waals surface area contributed by atoms with Gasteiger partial charge in [-0.2, -0.15) is 0 Å². The van der Waals surface area contributed by atoms with Crippen molar-refractivity contribution in [3.8, 4) is 0 Å². The van der Waals surface area contributed by atoms with E-state index in [1.807, 2.05) is 6.20 Å². The Labute approximate surface area is 164 Å². The van der Waals surface area contributed by atoms with Gasteiger partial charge in [0, 0.05) is 58.1 Å². The van der Waals surface area contributed by atoms with Crippen LogP contribution in [0.4, 0.5) is 5.82 Å². The number of ether oxygens (including phenoxy) is 1. The van der Waals surface area contributed by atoms with E-state index >= 15 is 0 Å². The number of nitrogens with zero attached hydrogens (tertiary/aromatic N) is 4. The SMILES string of the molecule is CCN(CC)c1ccc(CNC(=NC)NCC(C)(C)N2CCOCC2)cn1. The van der Waals surface area contributed by atoms with E-state index in [-0.39, 0.29) is 5.54 Å². The number of morpholine rings is 1. The number of rotatable bonds is 8. The Morgan fingerprint density at radius 1 is 1.22 bits per heavy atom. The summed E-state index contributed by atoms with van der Waals surface area (Å²) in [7, 11) is 1.80. The summed E-state index contributed by atoms with van der Waals surface area (Å²) < 4.78 is 5.46. The fourth-order valence-electron chi connectivity index (χ4n) is 3.24. The number of guanidine groups is 1. The first-order chi connectivity index (χ1) is 13.0. The molecule has 7 heteroatoms. The number of anilines is 1. The normalized spacial score (nSPS) is 16.3. The second kappa shape index (κ2) is 10.5. The number of hydrogen-bond acceptors (Lipinski definition) is 5. The quantitative estimate of drug-likeness (QED) is 0.532. The van der Waals surface area contributed by atoms with Gasteiger partial charge in [0.05, 0.1) is 13.2 Å². The van der Waals surface area contributed by atoms with E-state index in [1.165, 1.54) is 0 Å². The third kappa shape index (κ3) is 6.36. The first-order valence-corrected chi connectivity index (χ1v) is 9.97. The average Bonchev–Trinajstić information content (AvgIpc) is 2.70. The van der Waals surface area contributed by atoms with Crippen LogP contribution in [0.3, 0.4) is 0 Å². The zero-order chi connectivity index (χ0) is 19.7. The Hall–Kier alpha value is -1.86. The molecule has 0 aromatic carbocycles. The number of aliphatic imine (C=N–C) groups is 1. The van der Waals surface area contributed by atoms with Gasteiger partial charge in [-0.05, 0) is 39.3 Å². The van der Waals surface area contributed by atoms with Crippen molar-refractivity contribution < 1.29 is 4.74 Å². The number of aromatic nitrogens is 1. The second-order valence-electron chi connectivity index (χ2n) is 7.39. The van der Waals surface area contributed by atoms with E-state index in [0.717, 1.165) is 63.3 Å². The fraction of sp³-hybridized carbons (Fsp3) is 0.700. The molecule has 1 fully saturated rings. The third-order valence-electron chi connectivity index (χ3n) is 5.14. The van der Waals surface area contributed by atoms with Gasteiger partial charge < -0.3 is 20.3 Å². The number of pyridine rings is 1. The minimum Gasteiger partial charge on any atom is -0.379 e. The van der Waals surface area contributed by atoms with Crippen molar-refractivity contribution in [2.75, 3.05) is 57.9 Å². The standard InChI is InChI=1S/C20H36N6O/c1-6-25(7-2)18-9-8-17(14-22-18)15-23-19(21-5)24-16-20(3,4)26-10-12-27-13-11-26/h8-9,14H,6-7,10-13,15-16H2,1-5H3,(H2,21,23,24). The average molecular weight is 377 g/mol. The molecule has 2 rings (SSSR count). The molecule has 1 aromatic heterocycles. The maximum Gasteiger partial charge on any atom is 0.191 e. The predicted molar refractivity (Wildman–Crippen MR) is 112 cm³/mol. The summed E-state index contributed by atoms with van der Waals surface area (Å²) >= 11 is 0. The van der Waals surface area contributed by atoms with Gasteiger partial charge in [-0.25, -0.2) is 4.98 Å². The highest BCUT2D eigenvalue weighted by atomic mass is 16.5. The van der Waals surface area contributed by atoms with Gasteiger partial charge in [-0.3, -0.25) is 9.89 Å². The number of nitrogens with one attached hydrogen (secondary N) is 2. The largest absolute Gasteiger partial charge is 0.379 e. The van der Waals surface area contributed by atoms with Crippen LogP contribution < -0.4 is 15.5 Å². The molecule has 2 N–H and O–H groups in total. The van der Waals surface area contributed by atoms with Crippen LogP contribution in [0, 0.1) is 0 Å². The lowest BCUT2D eigenvalue weighted by molar-refractivity contribution is -0.00834. The molecule has 1 aliphatic rings. The van der Waals surface area contributed by atoms with Crippen molar-refractivity contribution in [1.82, 2.24) is 20.5 Å². The van der Waals surface area contributed by atoms with Crippen molar-refractivity contribution in [3.05, 3.63) is 23.9 Å². The lowest BCUT2D eigenvalue weighted by Gasteiger charge is -2.41. The van der Waals surface area contributed by atoms with Gasteiger partial charge in [-0.1, -0.05) is 6.07 Å². The van der Waals surface area contributed by atoms with Crippen LogP contribution >= 0.6 is 0 Å². The molecule has 1 saturated heterocycles. The van der Waals surface area contributed by atoms with E-state index in [4.69, 9.17) is 4.74 Å². The number of hydrogen-bond donors (Lipinski definition) is 2. The van der Waals surface area contributed by atoms with Crippen LogP contribution in [0.1, 0.15) is 33.3 Å². The highest BCUT2D eigenvalue weighted by molar-refractivity contribution is 5.79. The lowest BCUT2D eigenvalue weighted by atomic mass is 10.0. The fourth-order valence-corrected chi connectivity index (χ4v) is 3.24. The van der Waals surface area contributed by atoms with Gasteiger partial charge in [-0.15, -0.1) is 0 Å². The van der Waals surface area contributed by atoms with Crippen LogP contribution in [-0.2, 0) is 11.3 Å². The van der Waals surface area contributed by atoms with Crippen LogP contribution in [-0.4, -0.2) is 74.4 Å². The molecule has 7 nitrogen and oxygen atoms in total. The van der Waals surface area contributed by atoms with Crippen molar-refractivity contribution in [3.63, 3.8) is 0 Å². The van der Waals surface area contributed by atoms with Gasteiger partial charge in [0.15, 0.2) is 5.96 Å². The molecule has 1 aromatic rings. The summed E-state index contributed by atoms with van der Waals surface area (Å²) in [5.41, 5.74) is 1.19. The van der Waals surface area contributed by atoms with Crippen LogP contribution in [0.5, 0.6) is 0 Å². The molecule has 0 aliphatic carbocycles. The molecule has 0 atom stereocenters. The Kier molecular flexibility index (Phi) is 8.31. The molecule has 152 valence electrons. The van der Waals surface area contributed by atoms with Crippen molar-refractivity contribution in [2.45, 2.75) is 39.8 Å². The molecule has 0 spiro atoms. The van der Waals surface area contributed by atoms with E-state index in [9.17, 15) is 0 Å². The van der Waals surface area contributed by atoms with Gasteiger partial charge in [0.1, 0.15) is 5.82 Å². The summed E-state index contributed by atoms with van der Waals surface area (Å²) in [6.45, 7) is 15.9. The first kappa shape index (κ1) is 21.4. The highest BCUT2D eigenvalue weighted by Gasteiger charge is 2.28. The summed E-state index contributed by atoms with van der Waals surface area (Å²) in [6.07, 6.45) is 1.94. The minimum atomic E-state index is 0.0500. The molecule has 2 heterocycles. The molecular weight excluding hydrogens is 340 g/mol. The zero-order valence-electron chi connectivity index (χ0n) is 17.6. The monoisotopic (exact) mass is 376 g/mol. The van der Waals surface area contributed by atoms with Crippen molar-refractivity contribution in [1.29, 1.82) is 0 Å². The maximum atomic E-state index is 5.46. The second-order valence-corrected chi connectivity index (χ2v) is 7.39. The van der Waals surface area contributed by atoms with Gasteiger partial charge in [0.25, 0.3) is 0 Å². The highest BCUT2D eigenvalue weighted by Crippen LogP contribution is 2.15. The Bertz CT molecular complexity index is 577. The van der Waals surface area contributed by atoms with Gasteiger partial charge >= 0.3 is 0 Å². The van der Waals surface area contributed by atoms with Crippen molar-refractivity contribution in [2.24, 2.45) is 4.99 Å². The molecule has 0 saturated carbocycles. The third-order valence-corrected chi connectivity index (χ3v) is 5.14. The molecule has 27 heavy (non-hydrogen) atoms. The lowest BCUT2D eigenvalue weighted by Crippen LogP contribution is -2.56. The van der Waals surface area contributed by atoms with Crippen LogP contribution in [0.2, 0.25) is 0 Å². The smallest absolute Gasteiger partial charge is 0.191 e. The minimum absolute atomic E-state index is 0.0500. The van der Waals surface area contributed by atoms with Crippen LogP contribution in [0.25, 0.3) is 0 Å². The Morgan fingerprint density at radius 3 is 2.48 bits per heavy atom. The summed E-state index contributed by atoms with van der Waals surface area (Å²) in [5, 5.41) is 6.83. The molecule has 1 aliphatic heterocycles. The van der Waals surface area contributed by atoms with E-state index in [0.29, 0.717) is 6.54 Å². The van der Waals surface area contributed by atoms with Gasteiger partial charge in [0.2, 0.25) is 0 Å². The summed E-state index contributed by atoms with van der Waals surface area (Å²) in [4.78, 5) is 13.6. The first-order valence-electron chi connectivity index (χ1n) is 9.97. The maximum absolute atomic E-state index is 5.46. The summed E-state index contributed by atoms with van der Waals surface area (Å²) in [5.74, 6) is 1.84. The van der Waals surface area contributed by atoms with Crippen LogP contribution in [0.15, 0.2) is 23.3 Å². The zero-order valence-corrected chi connectivity index (χ0v) is 17.6. The van der Waals surface area contributed by atoms with E-state index in [1.54, 1.807) is 7.05 Å². The Balaban J connectivity index is 1.83. The molecule has 0 amide bonds. The molecule has 0 bridgehead atoms. The molecule has 0 unspecified atom stereocenters. The Morgan fingerprint density at radius 2 is 1.93 bits per heavy atom. The predicted octanol–water partition coefficient (Wildman–Crippen LogP) is 1.70. The van der Waals surface area contributed by atoms with E-state index in [2.05, 4.69) is 70.2 Å².